The fourth-order valence-corrected chi connectivity index (χ4v) is 6.99. The van der Waals surface area contributed by atoms with Crippen molar-refractivity contribution in [2.45, 2.75) is 55.9 Å². The third-order valence-electron chi connectivity index (χ3n) is 8.48. The predicted molar refractivity (Wildman–Crippen MR) is 149 cm³/mol. The highest BCUT2D eigenvalue weighted by molar-refractivity contribution is 7.46. The van der Waals surface area contributed by atoms with Gasteiger partial charge >= 0.3 is 13.8 Å². The quantitative estimate of drug-likeness (QED) is 0.239. The minimum absolute atomic E-state index is 0.0648. The van der Waals surface area contributed by atoms with Crippen LogP contribution in [0.15, 0.2) is 24.3 Å². The second-order valence-corrected chi connectivity index (χ2v) is 12.3. The third kappa shape index (κ3) is 5.37. The van der Waals surface area contributed by atoms with Crippen LogP contribution in [0.4, 0.5) is 0 Å². The molecule has 0 spiro atoms. The van der Waals surface area contributed by atoms with Crippen molar-refractivity contribution in [3.63, 3.8) is 0 Å². The lowest BCUT2D eigenvalue weighted by atomic mass is 9.66. The molecular weight excluding hydrogens is 635 g/mol. The van der Waals surface area contributed by atoms with Crippen LogP contribution in [0.25, 0.3) is 0 Å². The molecule has 2 aromatic carbocycles. The first kappa shape index (κ1) is 23.2. The highest BCUT2D eigenvalue weighted by Gasteiger charge is 2.56. The highest BCUT2D eigenvalue weighted by atomic mass is 31.2. The summed E-state index contributed by atoms with van der Waals surface area (Å²) in [6.07, 6.45) is -10.5. The summed E-state index contributed by atoms with van der Waals surface area (Å²) in [7, 11) is -12.1. The van der Waals surface area contributed by atoms with E-state index in [1.807, 2.05) is 0 Å². The van der Waals surface area contributed by atoms with Crippen molar-refractivity contribution in [3.05, 3.63) is 41.0 Å². The summed E-state index contributed by atoms with van der Waals surface area (Å²) in [5.41, 5.74) is 0.422. The van der Waals surface area contributed by atoms with Crippen LogP contribution in [0.2, 0.25) is 0 Å². The first-order valence-corrected chi connectivity index (χ1v) is 15.4. The van der Waals surface area contributed by atoms with Crippen molar-refractivity contribution in [3.8, 4) is 28.7 Å². The minimum atomic E-state index is -5.50. The lowest BCUT2D eigenvalue weighted by Gasteiger charge is -2.47. The number of hydrogen-bond donors (Lipinski definition) is 4. The summed E-state index contributed by atoms with van der Waals surface area (Å²) in [6.45, 7) is -1.61. The predicted octanol–water partition coefficient (Wildman–Crippen LogP) is 1.10. The molecule has 0 radical (unpaired) electrons. The Hall–Kier alpha value is -3.18. The molecule has 3 saturated heterocycles. The number of phosphoric acid groups is 1. The third-order valence-corrected chi connectivity index (χ3v) is 8.90. The SMILES string of the molecule is [2H]C([2H])([2H])Oc1cc([C@@H]2c3cc4c(cc3[C@@H](O[C@@H]3O[C@H]5[C@@H](O[C@H](C)OC5([2H])[2H])[C@H](O)[C@H]3O)[C@H]3COC(=O)[C@H]23)OCO4)cc(OC([2H])([2H])[2H])c1OP(=O)(O)O. The highest BCUT2D eigenvalue weighted by Crippen LogP contribution is 2.57. The largest absolute Gasteiger partial charge is 0.525 e. The van der Waals surface area contributed by atoms with Gasteiger partial charge in [-0.25, -0.2) is 4.57 Å². The molecule has 250 valence electrons. The number of carbonyl (C=O) groups excluding carboxylic acids is 1. The Morgan fingerprint density at radius 3 is 2.35 bits per heavy atom. The van der Waals surface area contributed by atoms with Crippen LogP contribution in [0, 0.1) is 11.8 Å². The molecule has 4 aliphatic heterocycles. The Balaban J connectivity index is 1.37. The molecule has 0 amide bonds. The molecule has 17 heteroatoms. The van der Waals surface area contributed by atoms with E-state index in [2.05, 4.69) is 4.52 Å². The Morgan fingerprint density at radius 2 is 1.67 bits per heavy atom. The molecule has 16 nitrogen and oxygen atoms in total. The number of ether oxygens (including phenoxy) is 9. The smallest absolute Gasteiger partial charge is 0.493 e. The van der Waals surface area contributed by atoms with Gasteiger partial charge in [0.25, 0.3) is 0 Å². The Labute approximate surface area is 273 Å². The number of fused-ring (bicyclic) bond motifs is 4. The van der Waals surface area contributed by atoms with Gasteiger partial charge in [-0.2, -0.15) is 0 Å². The van der Waals surface area contributed by atoms with E-state index in [1.165, 1.54) is 19.1 Å². The number of methoxy groups -OCH3 is 2. The van der Waals surface area contributed by atoms with Gasteiger partial charge in [-0.15, -0.1) is 0 Å². The summed E-state index contributed by atoms with van der Waals surface area (Å²) in [5, 5.41) is 22.2. The van der Waals surface area contributed by atoms with E-state index in [0.29, 0.717) is 0 Å². The zero-order valence-corrected chi connectivity index (χ0v) is 24.5. The average Bonchev–Trinajstić information content (AvgIpc) is 3.64. The fraction of sp³-hybridized carbons (Fsp3) is 0.552. The van der Waals surface area contributed by atoms with Crippen LogP contribution in [0.3, 0.4) is 0 Å². The molecule has 10 atom stereocenters. The summed E-state index contributed by atoms with van der Waals surface area (Å²) >= 11 is 0. The second-order valence-electron chi connectivity index (χ2n) is 11.1. The summed E-state index contributed by atoms with van der Waals surface area (Å²) in [6, 6.07) is 4.95. The summed E-state index contributed by atoms with van der Waals surface area (Å²) in [5.74, 6) is -6.62. The molecule has 0 unspecified atom stereocenters. The van der Waals surface area contributed by atoms with Gasteiger partial charge in [0.05, 0.1) is 50.2 Å². The molecule has 1 aliphatic carbocycles. The maximum Gasteiger partial charge on any atom is 0.525 e. The number of phosphoric ester groups is 1. The van der Waals surface area contributed by atoms with Crippen molar-refractivity contribution in [1.29, 1.82) is 0 Å². The van der Waals surface area contributed by atoms with Crippen molar-refractivity contribution >= 4 is 13.8 Å². The lowest BCUT2D eigenvalue weighted by Crippen LogP contribution is -2.63. The number of aliphatic hydroxyl groups is 2. The van der Waals surface area contributed by atoms with Crippen molar-refractivity contribution < 1.29 is 87.5 Å². The van der Waals surface area contributed by atoms with E-state index in [9.17, 15) is 29.4 Å². The van der Waals surface area contributed by atoms with Crippen molar-refractivity contribution in [2.24, 2.45) is 11.8 Å². The van der Waals surface area contributed by atoms with Gasteiger partial charge in [0.15, 0.2) is 35.6 Å². The van der Waals surface area contributed by atoms with Crippen LogP contribution in [-0.2, 0) is 33.0 Å². The molecule has 0 bridgehead atoms. The van der Waals surface area contributed by atoms with Crippen LogP contribution >= 0.6 is 7.82 Å². The lowest BCUT2D eigenvalue weighted by molar-refractivity contribution is -0.364. The van der Waals surface area contributed by atoms with E-state index < -0.39 is 113 Å². The van der Waals surface area contributed by atoms with Gasteiger partial charge in [0.1, 0.15) is 24.4 Å². The van der Waals surface area contributed by atoms with Crippen LogP contribution in [-0.4, -0.2) is 97.0 Å². The number of hydrogen-bond acceptors (Lipinski definition) is 14. The van der Waals surface area contributed by atoms with Crippen LogP contribution in [0.1, 0.15) is 46.6 Å². The second kappa shape index (κ2) is 11.8. The zero-order chi connectivity index (χ0) is 39.3. The van der Waals surface area contributed by atoms with Gasteiger partial charge in [-0.3, -0.25) is 14.6 Å². The molecule has 5 aliphatic rings. The molecule has 4 N–H and O–H groups in total. The first-order valence-electron chi connectivity index (χ1n) is 17.9. The normalized spacial score (nSPS) is 38.8. The maximum atomic E-state index is 13.7. The van der Waals surface area contributed by atoms with Crippen LogP contribution < -0.4 is 23.5 Å². The number of cyclic esters (lactones) is 1. The molecule has 0 aromatic heterocycles. The Bertz CT molecular complexity index is 1820. The molecule has 3 fully saturated rings. The minimum Gasteiger partial charge on any atom is -0.493 e. The monoisotopic (exact) mass is 676 g/mol. The van der Waals surface area contributed by atoms with Gasteiger partial charge in [-0.1, -0.05) is 0 Å². The van der Waals surface area contributed by atoms with Gasteiger partial charge in [-0.05, 0) is 47.9 Å². The molecule has 7 rings (SSSR count). The molecule has 46 heavy (non-hydrogen) atoms. The number of rotatable bonds is 7. The van der Waals surface area contributed by atoms with Gasteiger partial charge in [0.2, 0.25) is 12.5 Å². The fourth-order valence-electron chi connectivity index (χ4n) is 6.58. The standard InChI is InChI=1S/C29H33O16P/c1-11-38-9-20-27(42-11)23(30)24(31)29(43-20)44-25-14-7-17-16(40-10-41-17)6-13(14)21(22-15(25)8-39-28(22)32)12-4-18(36-2)26(19(5-12)37-3)45-46(33,34)35/h4-7,11,15,20-25,27,29-31H,8-10H2,1-3H3,(H2,33,34,35)/t11-,15+,20-,21-,22+,23-,24-,25-,27-,29+/m1/s1/i2D3,3D3,9D2. The van der Waals surface area contributed by atoms with E-state index in [0.717, 1.165) is 12.1 Å². The number of benzene rings is 2. The van der Waals surface area contributed by atoms with Crippen LogP contribution in [0.5, 0.6) is 28.7 Å². The van der Waals surface area contributed by atoms with Gasteiger partial charge < -0.3 is 57.4 Å². The zero-order valence-electron chi connectivity index (χ0n) is 31.6. The van der Waals surface area contributed by atoms with E-state index in [1.54, 1.807) is 0 Å². The number of esters is 1. The number of carbonyl (C=O) groups is 1. The average molecular weight is 677 g/mol. The van der Waals surface area contributed by atoms with E-state index >= 15 is 0 Å². The summed E-state index contributed by atoms with van der Waals surface area (Å²) in [4.78, 5) is 32.9. The molecule has 0 saturated carbocycles. The molecule has 2 aromatic rings. The molecular formula is C29H33O16P. The Kier molecular flexibility index (Phi) is 5.95. The Morgan fingerprint density at radius 1 is 0.978 bits per heavy atom. The van der Waals surface area contributed by atoms with E-state index in [4.69, 9.17) is 53.6 Å². The van der Waals surface area contributed by atoms with Gasteiger partial charge in [0, 0.05) is 11.8 Å². The maximum absolute atomic E-state index is 13.7. The molecule has 4 heterocycles. The summed E-state index contributed by atoms with van der Waals surface area (Å²) < 4.78 is 129. The topological polar surface area (TPSA) is 207 Å². The number of aliphatic hydroxyl groups excluding tert-OH is 2. The first-order chi connectivity index (χ1) is 25.0. The van der Waals surface area contributed by atoms with E-state index in [-0.39, 0.29) is 41.6 Å². The van der Waals surface area contributed by atoms with Crippen molar-refractivity contribution in [1.82, 2.24) is 0 Å². The van der Waals surface area contributed by atoms with Crippen molar-refractivity contribution in [2.75, 3.05) is 34.0 Å².